The molecule has 1 aromatic rings. The van der Waals surface area contributed by atoms with Gasteiger partial charge in [-0.3, -0.25) is 9.78 Å². The highest BCUT2D eigenvalue weighted by atomic mass is 35.5. The van der Waals surface area contributed by atoms with E-state index in [9.17, 15) is 14.7 Å². The van der Waals surface area contributed by atoms with Gasteiger partial charge in [0.25, 0.3) is 5.91 Å². The average molecular weight is 297 g/mol. The Morgan fingerprint density at radius 2 is 2.20 bits per heavy atom. The van der Waals surface area contributed by atoms with E-state index in [1.165, 1.54) is 11.1 Å². The molecule has 5 nitrogen and oxygen atoms in total. The third-order valence-electron chi connectivity index (χ3n) is 3.67. The average Bonchev–Trinajstić information content (AvgIpc) is 2.37. The zero-order valence-corrected chi connectivity index (χ0v) is 12.2. The van der Waals surface area contributed by atoms with Gasteiger partial charge >= 0.3 is 5.97 Å². The molecule has 1 aliphatic rings. The molecule has 2 rings (SSSR count). The maximum atomic E-state index is 12.5. The molecule has 0 saturated carbocycles. The first kappa shape index (κ1) is 14.8. The van der Waals surface area contributed by atoms with Crippen molar-refractivity contribution in [1.82, 2.24) is 9.88 Å². The third-order valence-corrected chi connectivity index (χ3v) is 3.98. The Bertz CT molecular complexity index is 547. The van der Waals surface area contributed by atoms with Crippen LogP contribution in [0.25, 0.3) is 0 Å². The van der Waals surface area contributed by atoms with E-state index < -0.39 is 12.0 Å². The maximum absolute atomic E-state index is 12.5. The number of aryl methyl sites for hydroxylation is 1. The van der Waals surface area contributed by atoms with Gasteiger partial charge in [-0.05, 0) is 31.7 Å². The normalized spacial score (nSPS) is 22.6. The summed E-state index contributed by atoms with van der Waals surface area (Å²) < 4.78 is 0. The first-order valence-electron chi connectivity index (χ1n) is 6.57. The Kier molecular flexibility index (Phi) is 4.28. The molecule has 1 amide bonds. The van der Waals surface area contributed by atoms with Crippen molar-refractivity contribution in [2.45, 2.75) is 32.7 Å². The van der Waals surface area contributed by atoms with Crippen LogP contribution in [0, 0.1) is 12.8 Å². The third kappa shape index (κ3) is 2.77. The summed E-state index contributed by atoms with van der Waals surface area (Å²) in [6.45, 7) is 4.07. The van der Waals surface area contributed by atoms with Crippen LogP contribution in [0.4, 0.5) is 0 Å². The van der Waals surface area contributed by atoms with Gasteiger partial charge in [-0.15, -0.1) is 0 Å². The van der Waals surface area contributed by atoms with Gasteiger partial charge in [-0.2, -0.15) is 0 Å². The minimum absolute atomic E-state index is 0.0672. The maximum Gasteiger partial charge on any atom is 0.326 e. The van der Waals surface area contributed by atoms with Crippen molar-refractivity contribution in [2.75, 3.05) is 6.54 Å². The number of pyridine rings is 1. The van der Waals surface area contributed by atoms with Gasteiger partial charge < -0.3 is 10.0 Å². The molecule has 0 radical (unpaired) electrons. The van der Waals surface area contributed by atoms with E-state index in [0.717, 1.165) is 12.8 Å². The molecule has 0 bridgehead atoms. The smallest absolute Gasteiger partial charge is 0.326 e. The molecule has 1 fully saturated rings. The van der Waals surface area contributed by atoms with Gasteiger partial charge in [0.1, 0.15) is 6.04 Å². The monoisotopic (exact) mass is 296 g/mol. The molecule has 20 heavy (non-hydrogen) atoms. The Balaban J connectivity index is 2.33. The molecule has 108 valence electrons. The first-order chi connectivity index (χ1) is 9.41. The zero-order valence-electron chi connectivity index (χ0n) is 11.5. The number of piperidine rings is 1. The summed E-state index contributed by atoms with van der Waals surface area (Å²) in [7, 11) is 0. The van der Waals surface area contributed by atoms with E-state index in [2.05, 4.69) is 4.98 Å². The number of amides is 1. The second-order valence-electron chi connectivity index (χ2n) is 5.21. The minimum Gasteiger partial charge on any atom is -0.480 e. The second-order valence-corrected chi connectivity index (χ2v) is 5.61. The number of rotatable bonds is 2. The van der Waals surface area contributed by atoms with Crippen LogP contribution in [0.5, 0.6) is 0 Å². The van der Waals surface area contributed by atoms with Crippen molar-refractivity contribution in [1.29, 1.82) is 0 Å². The largest absolute Gasteiger partial charge is 0.480 e. The van der Waals surface area contributed by atoms with Crippen molar-refractivity contribution < 1.29 is 14.7 Å². The lowest BCUT2D eigenvalue weighted by molar-refractivity contribution is -0.145. The van der Waals surface area contributed by atoms with E-state index in [-0.39, 0.29) is 17.4 Å². The zero-order chi connectivity index (χ0) is 14.9. The molecule has 1 saturated heterocycles. The number of carboxylic acid groups (broad SMARTS) is 1. The summed E-state index contributed by atoms with van der Waals surface area (Å²) in [5.74, 6) is -1.40. The van der Waals surface area contributed by atoms with Crippen LogP contribution in [0.1, 0.15) is 35.8 Å². The number of carboxylic acids is 1. The predicted molar refractivity (Wildman–Crippen MR) is 74.8 cm³/mol. The highest BCUT2D eigenvalue weighted by Gasteiger charge is 2.37. The molecule has 0 spiro atoms. The highest BCUT2D eigenvalue weighted by molar-refractivity contribution is 6.33. The Labute approximate surface area is 122 Å². The fourth-order valence-electron chi connectivity index (χ4n) is 2.63. The lowest BCUT2D eigenvalue weighted by atomic mass is 9.90. The van der Waals surface area contributed by atoms with Gasteiger partial charge in [0.15, 0.2) is 0 Å². The van der Waals surface area contributed by atoms with Crippen LogP contribution in [0.15, 0.2) is 12.3 Å². The summed E-state index contributed by atoms with van der Waals surface area (Å²) in [6, 6.07) is 0.811. The van der Waals surface area contributed by atoms with Gasteiger partial charge in [0.05, 0.1) is 10.6 Å². The number of hydrogen-bond donors (Lipinski definition) is 1. The fourth-order valence-corrected chi connectivity index (χ4v) is 2.92. The van der Waals surface area contributed by atoms with E-state index in [1.807, 2.05) is 6.92 Å². The summed E-state index contributed by atoms with van der Waals surface area (Å²) in [5.41, 5.74) is 0.978. The number of aromatic nitrogens is 1. The molecular weight excluding hydrogens is 280 g/mol. The molecule has 6 heteroatoms. The van der Waals surface area contributed by atoms with Crippen molar-refractivity contribution >= 4 is 23.5 Å². The number of likely N-dealkylation sites (tertiary alicyclic amines) is 1. The molecule has 0 aromatic carbocycles. The van der Waals surface area contributed by atoms with Crippen molar-refractivity contribution in [3.8, 4) is 0 Å². The van der Waals surface area contributed by atoms with Crippen LogP contribution in [-0.4, -0.2) is 39.5 Å². The van der Waals surface area contributed by atoms with Crippen LogP contribution in [-0.2, 0) is 4.79 Å². The summed E-state index contributed by atoms with van der Waals surface area (Å²) in [6.07, 6.45) is 3.02. The highest BCUT2D eigenvalue weighted by Crippen LogP contribution is 2.27. The van der Waals surface area contributed by atoms with Crippen molar-refractivity contribution in [2.24, 2.45) is 5.92 Å². The predicted octanol–water partition coefficient (Wildman–Crippen LogP) is 2.37. The van der Waals surface area contributed by atoms with Gasteiger partial charge in [-0.25, -0.2) is 4.79 Å². The molecule has 2 atom stereocenters. The fraction of sp³-hybridized carbons (Fsp3) is 0.500. The summed E-state index contributed by atoms with van der Waals surface area (Å²) in [5, 5.41) is 9.66. The van der Waals surface area contributed by atoms with E-state index in [0.29, 0.717) is 17.3 Å². The number of carbonyl (C=O) groups excluding carboxylic acids is 1. The number of hydrogen-bond acceptors (Lipinski definition) is 3. The van der Waals surface area contributed by atoms with Gasteiger partial charge in [0, 0.05) is 18.4 Å². The summed E-state index contributed by atoms with van der Waals surface area (Å²) >= 11 is 6.07. The Morgan fingerprint density at radius 1 is 1.50 bits per heavy atom. The lowest BCUT2D eigenvalue weighted by Crippen LogP contribution is -2.52. The number of carbonyl (C=O) groups is 2. The van der Waals surface area contributed by atoms with E-state index in [1.54, 1.807) is 13.0 Å². The van der Waals surface area contributed by atoms with Crippen LogP contribution in [0.3, 0.4) is 0 Å². The molecule has 0 aliphatic carbocycles. The number of nitrogens with zero attached hydrogens (tertiary/aromatic N) is 2. The second kappa shape index (κ2) is 5.79. The van der Waals surface area contributed by atoms with Gasteiger partial charge in [0.2, 0.25) is 0 Å². The van der Waals surface area contributed by atoms with Crippen LogP contribution < -0.4 is 0 Å². The number of halogens is 1. The minimum atomic E-state index is -0.971. The molecule has 2 unspecified atom stereocenters. The van der Waals surface area contributed by atoms with Crippen LogP contribution >= 0.6 is 11.6 Å². The molecule has 1 aromatic heterocycles. The first-order valence-corrected chi connectivity index (χ1v) is 6.95. The summed E-state index contributed by atoms with van der Waals surface area (Å²) in [4.78, 5) is 29.4. The Morgan fingerprint density at radius 3 is 2.80 bits per heavy atom. The van der Waals surface area contributed by atoms with Gasteiger partial charge in [-0.1, -0.05) is 18.5 Å². The van der Waals surface area contributed by atoms with E-state index in [4.69, 9.17) is 11.6 Å². The van der Waals surface area contributed by atoms with Crippen LogP contribution in [0.2, 0.25) is 5.02 Å². The number of aliphatic carboxylic acids is 1. The molecule has 1 N–H and O–H groups in total. The molecule has 2 heterocycles. The lowest BCUT2D eigenvalue weighted by Gasteiger charge is -2.37. The molecule has 1 aliphatic heterocycles. The topological polar surface area (TPSA) is 70.5 Å². The van der Waals surface area contributed by atoms with Crippen molar-refractivity contribution in [3.63, 3.8) is 0 Å². The van der Waals surface area contributed by atoms with Crippen molar-refractivity contribution in [3.05, 3.63) is 28.5 Å². The Hall–Kier alpha value is -1.62. The quantitative estimate of drug-likeness (QED) is 0.909. The SMILES string of the molecule is Cc1cc(Cl)c(C(=O)N2CCCC(C)C2C(=O)O)cn1. The van der Waals surface area contributed by atoms with E-state index >= 15 is 0 Å². The standard InChI is InChI=1S/C14H17ClN2O3/c1-8-4-3-5-17(12(8)14(19)20)13(18)10-7-16-9(2)6-11(10)15/h6-8,12H,3-5H2,1-2H3,(H,19,20). The molecular formula is C14H17ClN2O3.